The summed E-state index contributed by atoms with van der Waals surface area (Å²) in [4.78, 5) is 14.8. The van der Waals surface area contributed by atoms with Crippen LogP contribution < -0.4 is 5.32 Å². The molecule has 0 saturated heterocycles. The third-order valence-electron chi connectivity index (χ3n) is 5.06. The van der Waals surface area contributed by atoms with Crippen molar-refractivity contribution in [2.75, 3.05) is 20.6 Å². The summed E-state index contributed by atoms with van der Waals surface area (Å²) in [6, 6.07) is 14.3. The van der Waals surface area contributed by atoms with Crippen molar-refractivity contribution in [2.45, 2.75) is 26.4 Å². The Morgan fingerprint density at radius 3 is 2.53 bits per heavy atom. The summed E-state index contributed by atoms with van der Waals surface area (Å²) in [6.07, 6.45) is 0. The van der Waals surface area contributed by atoms with Gasteiger partial charge in [0.2, 0.25) is 0 Å². The number of nitrogens with one attached hydrogen (secondary N) is 1. The summed E-state index contributed by atoms with van der Waals surface area (Å²) in [5.74, 6) is -0.599. The van der Waals surface area contributed by atoms with Crippen molar-refractivity contribution in [1.29, 1.82) is 0 Å². The molecule has 0 spiro atoms. The van der Waals surface area contributed by atoms with E-state index in [0.29, 0.717) is 29.5 Å². The molecule has 3 aromatic rings. The Balaban J connectivity index is 1.74. The second kappa shape index (κ2) is 9.41. The molecule has 0 radical (unpaired) electrons. The van der Waals surface area contributed by atoms with Gasteiger partial charge in [0.05, 0.1) is 23.8 Å². The van der Waals surface area contributed by atoms with E-state index in [1.807, 2.05) is 56.3 Å². The number of benzene rings is 2. The molecule has 7 heteroatoms. The molecule has 158 valence electrons. The molecule has 0 aliphatic heterocycles. The van der Waals surface area contributed by atoms with Gasteiger partial charge in [0, 0.05) is 6.54 Å². The van der Waals surface area contributed by atoms with Gasteiger partial charge in [0.1, 0.15) is 11.0 Å². The average Bonchev–Trinajstić information content (AvgIpc) is 2.96. The molecule has 1 N–H and O–H groups in total. The molecule has 1 amide bonds. The first kappa shape index (κ1) is 22.0. The number of halogens is 2. The minimum absolute atomic E-state index is 0.175. The monoisotopic (exact) mass is 428 g/mol. The van der Waals surface area contributed by atoms with Crippen LogP contribution in [-0.4, -0.2) is 41.2 Å². The van der Waals surface area contributed by atoms with Gasteiger partial charge in [-0.1, -0.05) is 53.6 Å². The minimum atomic E-state index is -0.304. The summed E-state index contributed by atoms with van der Waals surface area (Å²) in [6.45, 7) is 4.59. The second-order valence-electron chi connectivity index (χ2n) is 7.64. The first-order valence-electron chi connectivity index (χ1n) is 9.74. The normalized spacial score (nSPS) is 12.2. The topological polar surface area (TPSA) is 50.2 Å². The standard InChI is InChI=1S/C23H26ClFN4O/c1-15-8-10-17(11-9-15)14-29-22(24)21(16(2)27-29)23(30)26-13-20(28(3)4)18-6-5-7-19(25)12-18/h5-12,20H,13-14H2,1-4H3,(H,26,30). The van der Waals surface area contributed by atoms with Crippen LogP contribution in [0.25, 0.3) is 0 Å². The van der Waals surface area contributed by atoms with Crippen molar-refractivity contribution < 1.29 is 9.18 Å². The summed E-state index contributed by atoms with van der Waals surface area (Å²) < 4.78 is 15.3. The van der Waals surface area contributed by atoms with Crippen LogP contribution >= 0.6 is 11.6 Å². The van der Waals surface area contributed by atoms with Gasteiger partial charge < -0.3 is 10.2 Å². The molecule has 5 nitrogen and oxygen atoms in total. The molecular weight excluding hydrogens is 403 g/mol. The van der Waals surface area contributed by atoms with Gasteiger partial charge in [-0.25, -0.2) is 9.07 Å². The van der Waals surface area contributed by atoms with E-state index in [-0.39, 0.29) is 17.8 Å². The van der Waals surface area contributed by atoms with Crippen molar-refractivity contribution in [3.05, 3.63) is 87.4 Å². The third-order valence-corrected chi connectivity index (χ3v) is 5.44. The second-order valence-corrected chi connectivity index (χ2v) is 8.00. The molecule has 0 fully saturated rings. The van der Waals surface area contributed by atoms with Crippen molar-refractivity contribution in [3.63, 3.8) is 0 Å². The maximum Gasteiger partial charge on any atom is 0.256 e. The van der Waals surface area contributed by atoms with Gasteiger partial charge in [-0.15, -0.1) is 0 Å². The zero-order valence-corrected chi connectivity index (χ0v) is 18.4. The SMILES string of the molecule is Cc1ccc(Cn2nc(C)c(C(=O)NCC(c3cccc(F)c3)N(C)C)c2Cl)cc1. The molecule has 2 aromatic carbocycles. The van der Waals surface area contributed by atoms with E-state index in [2.05, 4.69) is 10.4 Å². The van der Waals surface area contributed by atoms with Gasteiger partial charge >= 0.3 is 0 Å². The number of hydrogen-bond donors (Lipinski definition) is 1. The molecule has 0 aliphatic rings. The molecule has 1 heterocycles. The number of likely N-dealkylation sites (N-methyl/N-ethyl adjacent to an activating group) is 1. The molecular formula is C23H26ClFN4O. The smallest absolute Gasteiger partial charge is 0.256 e. The zero-order valence-electron chi connectivity index (χ0n) is 17.6. The fraction of sp³-hybridized carbons (Fsp3) is 0.304. The van der Waals surface area contributed by atoms with Crippen LogP contribution in [0.5, 0.6) is 0 Å². The minimum Gasteiger partial charge on any atom is -0.350 e. The highest BCUT2D eigenvalue weighted by Crippen LogP contribution is 2.22. The number of amides is 1. The molecule has 0 bridgehead atoms. The highest BCUT2D eigenvalue weighted by atomic mass is 35.5. The fourth-order valence-corrected chi connectivity index (χ4v) is 3.69. The van der Waals surface area contributed by atoms with Crippen molar-refractivity contribution >= 4 is 17.5 Å². The van der Waals surface area contributed by atoms with E-state index in [9.17, 15) is 9.18 Å². The van der Waals surface area contributed by atoms with Crippen LogP contribution in [0.3, 0.4) is 0 Å². The van der Waals surface area contributed by atoms with Crippen molar-refractivity contribution in [3.8, 4) is 0 Å². The number of aryl methyl sites for hydroxylation is 2. The lowest BCUT2D eigenvalue weighted by atomic mass is 10.1. The predicted octanol–water partition coefficient (Wildman–Crippen LogP) is 4.37. The zero-order chi connectivity index (χ0) is 21.8. The maximum atomic E-state index is 13.6. The van der Waals surface area contributed by atoms with Crippen LogP contribution in [-0.2, 0) is 6.54 Å². The summed E-state index contributed by atoms with van der Waals surface area (Å²) in [5, 5.41) is 7.67. The number of rotatable bonds is 7. The van der Waals surface area contributed by atoms with Gasteiger partial charge in [-0.2, -0.15) is 5.10 Å². The van der Waals surface area contributed by atoms with Crippen LogP contribution in [0.2, 0.25) is 5.15 Å². The Hall–Kier alpha value is -2.70. The molecule has 1 unspecified atom stereocenters. The van der Waals surface area contributed by atoms with Gasteiger partial charge in [0.25, 0.3) is 5.91 Å². The molecule has 3 rings (SSSR count). The number of carbonyl (C=O) groups excluding carboxylic acids is 1. The summed E-state index contributed by atoms with van der Waals surface area (Å²) in [5.41, 5.74) is 3.95. The molecule has 1 atom stereocenters. The van der Waals surface area contributed by atoms with E-state index >= 15 is 0 Å². The average molecular weight is 429 g/mol. The Labute approximate surface area is 181 Å². The quantitative estimate of drug-likeness (QED) is 0.607. The summed E-state index contributed by atoms with van der Waals surface area (Å²) in [7, 11) is 3.78. The lowest BCUT2D eigenvalue weighted by Gasteiger charge is -2.25. The highest BCUT2D eigenvalue weighted by molar-refractivity contribution is 6.33. The number of aromatic nitrogens is 2. The molecule has 0 aliphatic carbocycles. The predicted molar refractivity (Wildman–Crippen MR) is 117 cm³/mol. The first-order valence-corrected chi connectivity index (χ1v) is 10.1. The fourth-order valence-electron chi connectivity index (χ4n) is 3.37. The Morgan fingerprint density at radius 1 is 1.20 bits per heavy atom. The maximum absolute atomic E-state index is 13.6. The van der Waals surface area contributed by atoms with Gasteiger partial charge in [-0.05, 0) is 51.2 Å². The van der Waals surface area contributed by atoms with E-state index in [4.69, 9.17) is 11.6 Å². The van der Waals surface area contributed by atoms with Crippen molar-refractivity contribution in [2.24, 2.45) is 0 Å². The van der Waals surface area contributed by atoms with E-state index < -0.39 is 0 Å². The van der Waals surface area contributed by atoms with Crippen LogP contribution in [0.1, 0.15) is 38.8 Å². The van der Waals surface area contributed by atoms with E-state index in [1.165, 1.54) is 17.7 Å². The van der Waals surface area contributed by atoms with Crippen LogP contribution in [0.4, 0.5) is 4.39 Å². The summed E-state index contributed by atoms with van der Waals surface area (Å²) >= 11 is 6.50. The number of hydrogen-bond acceptors (Lipinski definition) is 3. The van der Waals surface area contributed by atoms with Gasteiger partial charge in [-0.3, -0.25) is 4.79 Å². The van der Waals surface area contributed by atoms with E-state index in [1.54, 1.807) is 17.7 Å². The molecule has 0 saturated carbocycles. The Bertz CT molecular complexity index is 1030. The van der Waals surface area contributed by atoms with Crippen LogP contribution in [0, 0.1) is 19.7 Å². The lowest BCUT2D eigenvalue weighted by molar-refractivity contribution is 0.0941. The molecule has 30 heavy (non-hydrogen) atoms. The third kappa shape index (κ3) is 5.07. The number of carbonyl (C=O) groups is 1. The van der Waals surface area contributed by atoms with E-state index in [0.717, 1.165) is 11.1 Å². The van der Waals surface area contributed by atoms with Crippen molar-refractivity contribution in [1.82, 2.24) is 20.0 Å². The van der Waals surface area contributed by atoms with Gasteiger partial charge in [0.15, 0.2) is 0 Å². The number of nitrogens with zero attached hydrogens (tertiary/aromatic N) is 3. The highest BCUT2D eigenvalue weighted by Gasteiger charge is 2.22. The Kier molecular flexibility index (Phi) is 6.90. The Morgan fingerprint density at radius 2 is 1.90 bits per heavy atom. The lowest BCUT2D eigenvalue weighted by Crippen LogP contribution is -2.34. The molecule has 1 aromatic heterocycles. The first-order chi connectivity index (χ1) is 14.3. The largest absolute Gasteiger partial charge is 0.350 e. The van der Waals surface area contributed by atoms with Crippen LogP contribution in [0.15, 0.2) is 48.5 Å².